The molecule has 94 valence electrons. The molecule has 6 heteroatoms. The maximum Gasteiger partial charge on any atom is 0.416 e. The summed E-state index contributed by atoms with van der Waals surface area (Å²) >= 11 is 0. The predicted molar refractivity (Wildman–Crippen MR) is 53.4 cm³/mol. The molecule has 1 N–H and O–H groups in total. The maximum absolute atomic E-state index is 12.6. The van der Waals surface area contributed by atoms with E-state index in [9.17, 15) is 23.1 Å². The molecule has 1 unspecified atom stereocenters. The van der Waals surface area contributed by atoms with Crippen LogP contribution in [0.4, 0.5) is 13.2 Å². The third kappa shape index (κ3) is 2.97. The van der Waals surface area contributed by atoms with Gasteiger partial charge in [0.15, 0.2) is 0 Å². The van der Waals surface area contributed by atoms with Gasteiger partial charge >= 0.3 is 12.1 Å². The number of ether oxygens (including phenoxy) is 1. The van der Waals surface area contributed by atoms with Crippen molar-refractivity contribution in [2.45, 2.75) is 19.2 Å². The zero-order valence-electron chi connectivity index (χ0n) is 9.21. The van der Waals surface area contributed by atoms with Crippen molar-refractivity contribution in [1.82, 2.24) is 0 Å². The van der Waals surface area contributed by atoms with Crippen molar-refractivity contribution in [2.24, 2.45) is 0 Å². The predicted octanol–water partition coefficient (Wildman–Crippen LogP) is 2.55. The number of esters is 1. The van der Waals surface area contributed by atoms with Gasteiger partial charge in [0.25, 0.3) is 0 Å². The van der Waals surface area contributed by atoms with Crippen molar-refractivity contribution in [1.29, 1.82) is 0 Å². The Morgan fingerprint density at radius 3 is 2.41 bits per heavy atom. The van der Waals surface area contributed by atoms with Gasteiger partial charge in [-0.3, -0.25) is 0 Å². The van der Waals surface area contributed by atoms with Crippen LogP contribution in [-0.2, 0) is 10.9 Å². The Morgan fingerprint density at radius 2 is 2.00 bits per heavy atom. The quantitative estimate of drug-likeness (QED) is 0.818. The zero-order valence-corrected chi connectivity index (χ0v) is 9.21. The lowest BCUT2D eigenvalue weighted by Crippen LogP contribution is -2.13. The summed E-state index contributed by atoms with van der Waals surface area (Å²) in [4.78, 5) is 11.2. The normalized spacial score (nSPS) is 13.3. The molecule has 0 aromatic heterocycles. The van der Waals surface area contributed by atoms with E-state index in [-0.39, 0.29) is 11.1 Å². The Labute approximate surface area is 95.8 Å². The zero-order chi connectivity index (χ0) is 13.2. The molecule has 0 aliphatic carbocycles. The molecule has 0 amide bonds. The standard InChI is InChI=1S/C11H11F3O3/c1-6(15)8-5-7(10(16)17-2)3-4-9(8)11(12,13)14/h3-6,15H,1-2H3. The van der Waals surface area contributed by atoms with Crippen LogP contribution in [0.3, 0.4) is 0 Å². The molecular weight excluding hydrogens is 237 g/mol. The molecule has 0 bridgehead atoms. The van der Waals surface area contributed by atoms with Crippen LogP contribution in [0.1, 0.15) is 34.5 Å². The first-order chi connectivity index (χ1) is 7.77. The number of methoxy groups -OCH3 is 1. The van der Waals surface area contributed by atoms with Crippen molar-refractivity contribution in [3.05, 3.63) is 34.9 Å². The van der Waals surface area contributed by atoms with Crippen LogP contribution in [0, 0.1) is 0 Å². The van der Waals surface area contributed by atoms with Gasteiger partial charge in [-0.05, 0) is 30.7 Å². The molecular formula is C11H11F3O3. The second-order valence-corrected chi connectivity index (χ2v) is 3.47. The first-order valence-electron chi connectivity index (χ1n) is 4.75. The molecule has 0 aliphatic rings. The number of benzene rings is 1. The van der Waals surface area contributed by atoms with E-state index in [0.29, 0.717) is 0 Å². The summed E-state index contributed by atoms with van der Waals surface area (Å²) in [5, 5.41) is 9.29. The molecule has 0 heterocycles. The summed E-state index contributed by atoms with van der Waals surface area (Å²) in [5.41, 5.74) is -1.34. The molecule has 1 aromatic rings. The van der Waals surface area contributed by atoms with Gasteiger partial charge < -0.3 is 9.84 Å². The number of carbonyl (C=O) groups is 1. The van der Waals surface area contributed by atoms with Gasteiger partial charge in [-0.1, -0.05) is 0 Å². The van der Waals surface area contributed by atoms with E-state index in [2.05, 4.69) is 4.74 Å². The monoisotopic (exact) mass is 248 g/mol. The third-order valence-corrected chi connectivity index (χ3v) is 2.23. The fraction of sp³-hybridized carbons (Fsp3) is 0.364. The van der Waals surface area contributed by atoms with Crippen LogP contribution in [0.2, 0.25) is 0 Å². The van der Waals surface area contributed by atoms with Crippen LogP contribution in [0.25, 0.3) is 0 Å². The second kappa shape index (κ2) is 4.75. The van der Waals surface area contributed by atoms with Gasteiger partial charge in [-0.25, -0.2) is 4.79 Å². The summed E-state index contributed by atoms with van der Waals surface area (Å²) in [5.74, 6) is -0.749. The minimum absolute atomic E-state index is 0.0311. The highest BCUT2D eigenvalue weighted by Crippen LogP contribution is 2.35. The first kappa shape index (κ1) is 13.5. The smallest absolute Gasteiger partial charge is 0.416 e. The van der Waals surface area contributed by atoms with E-state index in [1.54, 1.807) is 0 Å². The lowest BCUT2D eigenvalue weighted by atomic mass is 9.99. The summed E-state index contributed by atoms with van der Waals surface area (Å²) in [6.45, 7) is 1.20. The Kier molecular flexibility index (Phi) is 3.77. The average molecular weight is 248 g/mol. The van der Waals surface area contributed by atoms with Crippen LogP contribution in [-0.4, -0.2) is 18.2 Å². The molecule has 1 atom stereocenters. The van der Waals surface area contributed by atoms with Crippen molar-refractivity contribution >= 4 is 5.97 Å². The van der Waals surface area contributed by atoms with Crippen LogP contribution >= 0.6 is 0 Å². The van der Waals surface area contributed by atoms with Gasteiger partial charge in [0, 0.05) is 0 Å². The highest BCUT2D eigenvalue weighted by atomic mass is 19.4. The molecule has 1 aromatic carbocycles. The highest BCUT2D eigenvalue weighted by molar-refractivity contribution is 5.89. The summed E-state index contributed by atoms with van der Waals surface area (Å²) < 4.78 is 42.2. The number of halogens is 3. The van der Waals surface area contributed by atoms with E-state index in [0.717, 1.165) is 25.3 Å². The number of carbonyl (C=O) groups excluding carboxylic acids is 1. The summed E-state index contributed by atoms with van der Waals surface area (Å²) in [6, 6.07) is 2.76. The van der Waals surface area contributed by atoms with E-state index >= 15 is 0 Å². The summed E-state index contributed by atoms with van der Waals surface area (Å²) in [7, 11) is 1.13. The molecule has 1 rings (SSSR count). The second-order valence-electron chi connectivity index (χ2n) is 3.47. The molecule has 0 radical (unpaired) electrons. The van der Waals surface area contributed by atoms with Gasteiger partial charge in [0.1, 0.15) is 0 Å². The van der Waals surface area contributed by atoms with Crippen LogP contribution in [0.15, 0.2) is 18.2 Å². The number of hydrogen-bond donors (Lipinski definition) is 1. The average Bonchev–Trinajstić information content (AvgIpc) is 2.25. The third-order valence-electron chi connectivity index (χ3n) is 2.23. The van der Waals surface area contributed by atoms with Gasteiger partial charge in [-0.2, -0.15) is 13.2 Å². The minimum Gasteiger partial charge on any atom is -0.465 e. The first-order valence-corrected chi connectivity index (χ1v) is 4.75. The molecule has 0 aliphatic heterocycles. The fourth-order valence-corrected chi connectivity index (χ4v) is 1.41. The Bertz CT molecular complexity index is 424. The largest absolute Gasteiger partial charge is 0.465 e. The fourth-order valence-electron chi connectivity index (χ4n) is 1.41. The Hall–Kier alpha value is -1.56. The van der Waals surface area contributed by atoms with E-state index in [4.69, 9.17) is 0 Å². The molecule has 17 heavy (non-hydrogen) atoms. The molecule has 0 saturated carbocycles. The molecule has 0 spiro atoms. The lowest BCUT2D eigenvalue weighted by Gasteiger charge is -2.15. The Balaban J connectivity index is 3.32. The molecule has 0 fully saturated rings. The van der Waals surface area contributed by atoms with E-state index < -0.39 is 23.8 Å². The minimum atomic E-state index is -4.57. The lowest BCUT2D eigenvalue weighted by molar-refractivity contribution is -0.139. The van der Waals surface area contributed by atoms with Crippen molar-refractivity contribution < 1.29 is 27.8 Å². The van der Waals surface area contributed by atoms with Crippen molar-refractivity contribution in [3.8, 4) is 0 Å². The number of rotatable bonds is 2. The Morgan fingerprint density at radius 1 is 1.41 bits per heavy atom. The SMILES string of the molecule is COC(=O)c1ccc(C(F)(F)F)c(C(C)O)c1. The summed E-state index contributed by atoms with van der Waals surface area (Å²) in [6.07, 6.45) is -5.89. The van der Waals surface area contributed by atoms with Gasteiger partial charge in [0.05, 0.1) is 24.3 Å². The highest BCUT2D eigenvalue weighted by Gasteiger charge is 2.34. The topological polar surface area (TPSA) is 46.5 Å². The van der Waals surface area contributed by atoms with Crippen LogP contribution < -0.4 is 0 Å². The van der Waals surface area contributed by atoms with Crippen molar-refractivity contribution in [3.63, 3.8) is 0 Å². The number of aliphatic hydroxyl groups is 1. The van der Waals surface area contributed by atoms with Gasteiger partial charge in [0.2, 0.25) is 0 Å². The maximum atomic E-state index is 12.6. The molecule has 3 nitrogen and oxygen atoms in total. The van der Waals surface area contributed by atoms with Crippen LogP contribution in [0.5, 0.6) is 0 Å². The van der Waals surface area contributed by atoms with Gasteiger partial charge in [-0.15, -0.1) is 0 Å². The number of alkyl halides is 3. The van der Waals surface area contributed by atoms with E-state index in [1.807, 2.05) is 0 Å². The number of aliphatic hydroxyl groups excluding tert-OH is 1. The number of hydrogen-bond acceptors (Lipinski definition) is 3. The van der Waals surface area contributed by atoms with Crippen molar-refractivity contribution in [2.75, 3.05) is 7.11 Å². The molecule has 0 saturated heterocycles. The van der Waals surface area contributed by atoms with E-state index in [1.165, 1.54) is 6.92 Å².